The first-order valence-electron chi connectivity index (χ1n) is 9.21. The summed E-state index contributed by atoms with van der Waals surface area (Å²) in [5, 5.41) is 0. The molecule has 1 aromatic heterocycles. The molecule has 23 heavy (non-hydrogen) atoms. The Bertz CT molecular complexity index is 539. The first-order valence-corrected chi connectivity index (χ1v) is 9.21. The van der Waals surface area contributed by atoms with Crippen molar-refractivity contribution >= 4 is 11.6 Å². The van der Waals surface area contributed by atoms with Gasteiger partial charge in [0.05, 0.1) is 0 Å². The van der Waals surface area contributed by atoms with Gasteiger partial charge in [-0.05, 0) is 49.7 Å². The van der Waals surface area contributed by atoms with Crippen molar-refractivity contribution < 1.29 is 4.79 Å². The highest BCUT2D eigenvalue weighted by atomic mass is 16.1. The zero-order valence-corrected chi connectivity index (χ0v) is 13.9. The minimum absolute atomic E-state index is 0.508. The average Bonchev–Trinajstić information content (AvgIpc) is 2.62. The van der Waals surface area contributed by atoms with Crippen LogP contribution < -0.4 is 4.90 Å². The number of hydrogen-bond donors (Lipinski definition) is 0. The molecule has 4 rings (SSSR count). The second kappa shape index (κ2) is 6.60. The van der Waals surface area contributed by atoms with Gasteiger partial charge >= 0.3 is 0 Å². The van der Waals surface area contributed by atoms with Gasteiger partial charge in [-0.2, -0.15) is 0 Å². The number of rotatable bonds is 2. The molecule has 1 aliphatic heterocycles. The molecule has 3 atom stereocenters. The van der Waals surface area contributed by atoms with Crippen molar-refractivity contribution in [3.8, 4) is 0 Å². The van der Waals surface area contributed by atoms with Crippen LogP contribution in [0.2, 0.25) is 0 Å². The summed E-state index contributed by atoms with van der Waals surface area (Å²) >= 11 is 0. The summed E-state index contributed by atoms with van der Waals surface area (Å²) in [7, 11) is 0. The van der Waals surface area contributed by atoms with Gasteiger partial charge in [-0.15, -0.1) is 0 Å². The summed E-state index contributed by atoms with van der Waals surface area (Å²) in [5.74, 6) is 3.12. The molecule has 0 spiro atoms. The molecule has 0 unspecified atom stereocenters. The fraction of sp³-hybridized carbons (Fsp3) is 0.684. The highest BCUT2D eigenvalue weighted by molar-refractivity contribution is 5.79. The number of carbonyl (C=O) groups is 1. The molecule has 2 heterocycles. The molecule has 3 fully saturated rings. The summed E-state index contributed by atoms with van der Waals surface area (Å²) in [6.07, 6.45) is 8.61. The van der Waals surface area contributed by atoms with Crippen molar-refractivity contribution in [2.24, 2.45) is 11.8 Å². The first-order chi connectivity index (χ1) is 11.3. The fourth-order valence-corrected chi connectivity index (χ4v) is 4.85. The van der Waals surface area contributed by atoms with Crippen molar-refractivity contribution in [2.75, 3.05) is 31.1 Å². The van der Waals surface area contributed by atoms with Crippen molar-refractivity contribution in [1.29, 1.82) is 0 Å². The fourth-order valence-electron chi connectivity index (χ4n) is 4.85. The molecule has 4 heteroatoms. The monoisotopic (exact) mass is 313 g/mol. The number of pyridine rings is 1. The molecule has 0 amide bonds. The normalized spacial score (nSPS) is 32.6. The lowest BCUT2D eigenvalue weighted by Crippen LogP contribution is -2.52. The highest BCUT2D eigenvalue weighted by Gasteiger charge is 2.37. The molecule has 4 nitrogen and oxygen atoms in total. The molecule has 1 saturated heterocycles. The van der Waals surface area contributed by atoms with Crippen molar-refractivity contribution in [3.05, 3.63) is 24.4 Å². The zero-order chi connectivity index (χ0) is 15.6. The Labute approximate surface area is 138 Å². The molecule has 2 saturated carbocycles. The number of aromatic nitrogens is 1. The Balaban J connectivity index is 1.32. The molecule has 0 aromatic carbocycles. The van der Waals surface area contributed by atoms with E-state index in [1.165, 1.54) is 19.3 Å². The van der Waals surface area contributed by atoms with Gasteiger partial charge in [0.15, 0.2) is 0 Å². The van der Waals surface area contributed by atoms with E-state index in [1.54, 1.807) is 0 Å². The summed E-state index contributed by atoms with van der Waals surface area (Å²) < 4.78 is 0. The quantitative estimate of drug-likeness (QED) is 0.841. The van der Waals surface area contributed by atoms with E-state index in [0.29, 0.717) is 11.7 Å². The molecule has 3 aliphatic rings. The number of carbonyl (C=O) groups excluding carboxylic acids is 1. The Hall–Kier alpha value is -1.42. The number of ketones is 1. The van der Waals surface area contributed by atoms with Gasteiger partial charge in [-0.1, -0.05) is 6.07 Å². The van der Waals surface area contributed by atoms with Crippen LogP contribution >= 0.6 is 0 Å². The number of nitrogens with zero attached hydrogens (tertiary/aromatic N) is 3. The highest BCUT2D eigenvalue weighted by Crippen LogP contribution is 2.40. The smallest absolute Gasteiger partial charge is 0.133 e. The maximum Gasteiger partial charge on any atom is 0.133 e. The average molecular weight is 313 g/mol. The Morgan fingerprint density at radius 3 is 2.65 bits per heavy atom. The lowest BCUT2D eigenvalue weighted by Gasteiger charge is -2.45. The van der Waals surface area contributed by atoms with Crippen LogP contribution in [0.4, 0.5) is 5.82 Å². The Morgan fingerprint density at radius 2 is 1.87 bits per heavy atom. The SMILES string of the molecule is O=C1CC[C@H]2C[C@@H](N3CCN(c4ccccn4)CC3)CC[C@@H]2C1. The van der Waals surface area contributed by atoms with Gasteiger partial charge in [-0.25, -0.2) is 4.98 Å². The lowest BCUT2D eigenvalue weighted by atomic mass is 9.69. The molecule has 1 aromatic rings. The Morgan fingerprint density at radius 1 is 1.00 bits per heavy atom. The van der Waals surface area contributed by atoms with Gasteiger partial charge in [-0.3, -0.25) is 9.69 Å². The molecule has 0 N–H and O–H groups in total. The summed E-state index contributed by atoms with van der Waals surface area (Å²) in [5.41, 5.74) is 0. The molecule has 0 bridgehead atoms. The van der Waals surface area contributed by atoms with E-state index in [9.17, 15) is 4.79 Å². The van der Waals surface area contributed by atoms with Crippen LogP contribution in [0.15, 0.2) is 24.4 Å². The van der Waals surface area contributed by atoms with E-state index in [-0.39, 0.29) is 0 Å². The van der Waals surface area contributed by atoms with E-state index < -0.39 is 0 Å². The number of anilines is 1. The second-order valence-corrected chi connectivity index (χ2v) is 7.48. The van der Waals surface area contributed by atoms with Gasteiger partial charge in [0.2, 0.25) is 0 Å². The number of Topliss-reactive ketones (excluding diaryl/α,β-unsaturated/α-hetero) is 1. The summed E-state index contributed by atoms with van der Waals surface area (Å²) in [6.45, 7) is 4.47. The molecule has 124 valence electrons. The number of fused-ring (bicyclic) bond motifs is 1. The van der Waals surface area contributed by atoms with Crippen LogP contribution in [0, 0.1) is 11.8 Å². The van der Waals surface area contributed by atoms with Crippen LogP contribution in [0.5, 0.6) is 0 Å². The standard InChI is InChI=1S/C19H27N3O/c23-18-7-5-15-13-17(6-4-16(15)14-18)21-9-11-22(12-10-21)19-3-1-2-8-20-19/h1-3,8,15-17H,4-7,9-14H2/t15-,16+,17-/m0/s1. The van der Waals surface area contributed by atoms with Crippen molar-refractivity contribution in [1.82, 2.24) is 9.88 Å². The minimum Gasteiger partial charge on any atom is -0.354 e. The zero-order valence-electron chi connectivity index (χ0n) is 13.9. The van der Waals surface area contributed by atoms with E-state index >= 15 is 0 Å². The van der Waals surface area contributed by atoms with E-state index in [4.69, 9.17) is 0 Å². The van der Waals surface area contributed by atoms with Crippen LogP contribution in [-0.4, -0.2) is 47.9 Å². The van der Waals surface area contributed by atoms with Crippen LogP contribution in [0.1, 0.15) is 38.5 Å². The van der Waals surface area contributed by atoms with Crippen LogP contribution in [0.25, 0.3) is 0 Å². The largest absolute Gasteiger partial charge is 0.354 e. The van der Waals surface area contributed by atoms with Gasteiger partial charge in [0.25, 0.3) is 0 Å². The summed E-state index contributed by atoms with van der Waals surface area (Å²) in [6, 6.07) is 6.91. The molecular formula is C19H27N3O. The molecular weight excluding hydrogens is 286 g/mol. The maximum absolute atomic E-state index is 11.7. The second-order valence-electron chi connectivity index (χ2n) is 7.48. The third-order valence-corrected chi connectivity index (χ3v) is 6.20. The Kier molecular flexibility index (Phi) is 4.34. The molecule has 0 radical (unpaired) electrons. The van der Waals surface area contributed by atoms with Crippen LogP contribution in [0.3, 0.4) is 0 Å². The molecule has 2 aliphatic carbocycles. The first kappa shape index (κ1) is 15.1. The van der Waals surface area contributed by atoms with Gasteiger partial charge in [0, 0.05) is 51.3 Å². The van der Waals surface area contributed by atoms with E-state index in [2.05, 4.69) is 26.9 Å². The lowest BCUT2D eigenvalue weighted by molar-refractivity contribution is -0.123. The number of piperazine rings is 1. The minimum atomic E-state index is 0.508. The third-order valence-electron chi connectivity index (χ3n) is 6.20. The van der Waals surface area contributed by atoms with Gasteiger partial charge in [0.1, 0.15) is 11.6 Å². The van der Waals surface area contributed by atoms with Crippen molar-refractivity contribution in [2.45, 2.75) is 44.6 Å². The van der Waals surface area contributed by atoms with Crippen LogP contribution in [-0.2, 0) is 4.79 Å². The van der Waals surface area contributed by atoms with E-state index in [1.807, 2.05) is 12.3 Å². The maximum atomic E-state index is 11.7. The topological polar surface area (TPSA) is 36.4 Å². The van der Waals surface area contributed by atoms with Gasteiger partial charge < -0.3 is 4.90 Å². The predicted octanol–water partition coefficient (Wildman–Crippen LogP) is 2.74. The number of hydrogen-bond acceptors (Lipinski definition) is 4. The predicted molar refractivity (Wildman–Crippen MR) is 91.5 cm³/mol. The van der Waals surface area contributed by atoms with E-state index in [0.717, 1.165) is 63.2 Å². The van der Waals surface area contributed by atoms with Crippen molar-refractivity contribution in [3.63, 3.8) is 0 Å². The third kappa shape index (κ3) is 3.27. The summed E-state index contributed by atoms with van der Waals surface area (Å²) in [4.78, 5) is 21.2.